The molecule has 1 aromatic heterocycles. The van der Waals surface area contributed by atoms with Gasteiger partial charge in [0.1, 0.15) is 0 Å². The van der Waals surface area contributed by atoms with Gasteiger partial charge in [0.15, 0.2) is 0 Å². The van der Waals surface area contributed by atoms with Crippen LogP contribution in [0, 0.1) is 13.0 Å². The van der Waals surface area contributed by atoms with Gasteiger partial charge in [-0.25, -0.2) is 0 Å². The van der Waals surface area contributed by atoms with Crippen molar-refractivity contribution in [1.82, 2.24) is 9.78 Å². The van der Waals surface area contributed by atoms with Crippen molar-refractivity contribution in [2.75, 3.05) is 0 Å². The van der Waals surface area contributed by atoms with Crippen molar-refractivity contribution < 1.29 is 21.1 Å². The number of benzene rings is 1. The SMILES string of the molecule is CCc1c(C)nn(-c2[c-]cccc2)c1CC.[Pt]. The average molecular weight is 408 g/mol. The van der Waals surface area contributed by atoms with Crippen LogP contribution in [0.25, 0.3) is 5.69 Å². The molecule has 0 radical (unpaired) electrons. The van der Waals surface area contributed by atoms with Crippen molar-refractivity contribution in [3.8, 4) is 5.69 Å². The normalized spacial score (nSPS) is 10.1. The molecule has 0 aliphatic heterocycles. The Kier molecular flexibility index (Phi) is 5.14. The first kappa shape index (κ1) is 14.2. The molecule has 0 saturated carbocycles. The molecule has 1 heterocycles. The molecule has 94 valence electrons. The second-order valence-corrected chi connectivity index (χ2v) is 3.88. The van der Waals surface area contributed by atoms with Gasteiger partial charge in [-0.2, -0.15) is 29.4 Å². The third-order valence-electron chi connectivity index (χ3n) is 2.90. The molecule has 17 heavy (non-hydrogen) atoms. The summed E-state index contributed by atoms with van der Waals surface area (Å²) in [6, 6.07) is 11.2. The summed E-state index contributed by atoms with van der Waals surface area (Å²) < 4.78 is 2.02. The Bertz CT molecular complexity index is 474. The summed E-state index contributed by atoms with van der Waals surface area (Å²) in [6.45, 7) is 6.44. The Morgan fingerprint density at radius 1 is 1.24 bits per heavy atom. The van der Waals surface area contributed by atoms with E-state index >= 15 is 0 Å². The number of aryl methyl sites for hydroxylation is 1. The van der Waals surface area contributed by atoms with Gasteiger partial charge in [-0.3, -0.25) is 4.68 Å². The number of para-hydroxylation sites is 1. The molecule has 0 unspecified atom stereocenters. The van der Waals surface area contributed by atoms with Crippen LogP contribution in [0.15, 0.2) is 24.3 Å². The molecule has 0 N–H and O–H groups in total. The molecule has 3 heteroatoms. The van der Waals surface area contributed by atoms with Gasteiger partial charge in [-0.05, 0) is 31.0 Å². The van der Waals surface area contributed by atoms with Crippen LogP contribution in [0.1, 0.15) is 30.8 Å². The fourth-order valence-electron chi connectivity index (χ4n) is 2.15. The van der Waals surface area contributed by atoms with Crippen molar-refractivity contribution in [3.63, 3.8) is 0 Å². The first-order valence-electron chi connectivity index (χ1n) is 5.82. The molecule has 0 aliphatic carbocycles. The van der Waals surface area contributed by atoms with Crippen molar-refractivity contribution in [2.24, 2.45) is 0 Å². The second kappa shape index (κ2) is 6.16. The van der Waals surface area contributed by atoms with Gasteiger partial charge < -0.3 is 0 Å². The van der Waals surface area contributed by atoms with E-state index in [0.717, 1.165) is 24.2 Å². The van der Waals surface area contributed by atoms with Gasteiger partial charge in [0.2, 0.25) is 0 Å². The van der Waals surface area contributed by atoms with E-state index in [1.165, 1.54) is 11.3 Å². The molecule has 0 fully saturated rings. The van der Waals surface area contributed by atoms with Gasteiger partial charge in [0.25, 0.3) is 0 Å². The summed E-state index contributed by atoms with van der Waals surface area (Å²) in [5.74, 6) is 0. The largest absolute Gasteiger partial charge is 0.262 e. The van der Waals surface area contributed by atoms with E-state index in [0.29, 0.717) is 0 Å². The third-order valence-corrected chi connectivity index (χ3v) is 2.90. The predicted octanol–water partition coefficient (Wildman–Crippen LogP) is 3.10. The number of hydrogen-bond donors (Lipinski definition) is 0. The summed E-state index contributed by atoms with van der Waals surface area (Å²) in [7, 11) is 0. The second-order valence-electron chi connectivity index (χ2n) is 3.88. The Hall–Kier alpha value is -0.882. The molecule has 0 amide bonds. The molecular weight excluding hydrogens is 391 g/mol. The Morgan fingerprint density at radius 2 is 2.00 bits per heavy atom. The molecule has 0 spiro atoms. The van der Waals surface area contributed by atoms with E-state index in [2.05, 4.69) is 31.9 Å². The zero-order valence-electron chi connectivity index (χ0n) is 10.4. The maximum Gasteiger partial charge on any atom is 0.0632 e. The predicted molar refractivity (Wildman–Crippen MR) is 65.9 cm³/mol. The van der Waals surface area contributed by atoms with E-state index in [-0.39, 0.29) is 21.1 Å². The van der Waals surface area contributed by atoms with Crippen molar-refractivity contribution >= 4 is 0 Å². The van der Waals surface area contributed by atoms with Crippen molar-refractivity contribution in [2.45, 2.75) is 33.6 Å². The van der Waals surface area contributed by atoms with Gasteiger partial charge in [-0.1, -0.05) is 13.8 Å². The zero-order valence-corrected chi connectivity index (χ0v) is 12.7. The first-order chi connectivity index (χ1) is 7.77. The molecular formula is C14H17N2Pt-. The maximum atomic E-state index is 4.61. The van der Waals surface area contributed by atoms with E-state index in [9.17, 15) is 0 Å². The van der Waals surface area contributed by atoms with Crippen LogP contribution in [-0.4, -0.2) is 9.78 Å². The number of nitrogens with zero attached hydrogens (tertiary/aromatic N) is 2. The fourth-order valence-corrected chi connectivity index (χ4v) is 2.15. The Labute approximate surface area is 117 Å². The Balaban J connectivity index is 0.00000144. The van der Waals surface area contributed by atoms with Crippen LogP contribution in [-0.2, 0) is 33.9 Å². The summed E-state index contributed by atoms with van der Waals surface area (Å²) in [5, 5.41) is 4.61. The minimum atomic E-state index is 0. The third kappa shape index (κ3) is 2.69. The number of aromatic nitrogens is 2. The van der Waals surface area contributed by atoms with E-state index in [4.69, 9.17) is 0 Å². The minimum Gasteiger partial charge on any atom is -0.262 e. The number of rotatable bonds is 3. The summed E-state index contributed by atoms with van der Waals surface area (Å²) in [6.07, 6.45) is 2.05. The molecule has 2 nitrogen and oxygen atoms in total. The van der Waals surface area contributed by atoms with E-state index in [1.54, 1.807) is 0 Å². The van der Waals surface area contributed by atoms with Crippen LogP contribution in [0.3, 0.4) is 0 Å². The molecule has 0 saturated heterocycles. The monoisotopic (exact) mass is 408 g/mol. The summed E-state index contributed by atoms with van der Waals surface area (Å²) >= 11 is 0. The number of hydrogen-bond acceptors (Lipinski definition) is 1. The molecule has 2 rings (SSSR count). The average Bonchev–Trinajstić information content (AvgIpc) is 2.66. The molecule has 2 aromatic rings. The standard InChI is InChI=1S/C14H17N2.Pt/c1-4-13-11(3)15-16(14(13)5-2)12-9-7-6-8-10-12;/h6-9H,4-5H2,1-3H3;/q-1;. The molecule has 1 aromatic carbocycles. The van der Waals surface area contributed by atoms with Crippen LogP contribution in [0.4, 0.5) is 0 Å². The molecule has 0 bridgehead atoms. The van der Waals surface area contributed by atoms with Crippen molar-refractivity contribution in [3.05, 3.63) is 47.3 Å². The van der Waals surface area contributed by atoms with Gasteiger partial charge in [0.05, 0.1) is 5.69 Å². The fraction of sp³-hybridized carbons (Fsp3) is 0.357. The summed E-state index contributed by atoms with van der Waals surface area (Å²) in [4.78, 5) is 0. The van der Waals surface area contributed by atoms with E-state index < -0.39 is 0 Å². The van der Waals surface area contributed by atoms with Gasteiger partial charge in [0, 0.05) is 26.8 Å². The van der Waals surface area contributed by atoms with Crippen LogP contribution < -0.4 is 0 Å². The van der Waals surface area contributed by atoms with Gasteiger partial charge >= 0.3 is 0 Å². The van der Waals surface area contributed by atoms with Gasteiger partial charge in [-0.15, -0.1) is 6.07 Å². The first-order valence-corrected chi connectivity index (χ1v) is 5.82. The summed E-state index contributed by atoms with van der Waals surface area (Å²) in [5.41, 5.74) is 4.85. The van der Waals surface area contributed by atoms with Crippen LogP contribution in [0.5, 0.6) is 0 Å². The quantitative estimate of drug-likeness (QED) is 0.714. The molecule has 0 aliphatic rings. The Morgan fingerprint density at radius 3 is 2.53 bits per heavy atom. The smallest absolute Gasteiger partial charge is 0.0632 e. The van der Waals surface area contributed by atoms with Crippen molar-refractivity contribution in [1.29, 1.82) is 0 Å². The zero-order chi connectivity index (χ0) is 11.5. The molecule has 0 atom stereocenters. The minimum absolute atomic E-state index is 0. The van der Waals surface area contributed by atoms with Crippen LogP contribution in [0.2, 0.25) is 0 Å². The van der Waals surface area contributed by atoms with E-state index in [1.807, 2.05) is 28.9 Å². The topological polar surface area (TPSA) is 17.8 Å². The maximum absolute atomic E-state index is 4.61. The van der Waals surface area contributed by atoms with Crippen LogP contribution >= 0.6 is 0 Å².